The minimum atomic E-state index is -1.24. The van der Waals surface area contributed by atoms with Crippen molar-refractivity contribution in [1.29, 1.82) is 5.26 Å². The van der Waals surface area contributed by atoms with Gasteiger partial charge in [0.1, 0.15) is 17.7 Å². The summed E-state index contributed by atoms with van der Waals surface area (Å²) in [4.78, 5) is 16.1. The van der Waals surface area contributed by atoms with Crippen molar-refractivity contribution < 1.29 is 18.3 Å². The lowest BCUT2D eigenvalue weighted by Crippen LogP contribution is -2.28. The lowest BCUT2D eigenvalue weighted by molar-refractivity contribution is 0.0944. The average molecular weight is 317 g/mol. The van der Waals surface area contributed by atoms with Crippen LogP contribution in [0.4, 0.5) is 8.78 Å². The van der Waals surface area contributed by atoms with Gasteiger partial charge in [-0.3, -0.25) is 4.79 Å². The van der Waals surface area contributed by atoms with Crippen molar-refractivity contribution in [3.8, 4) is 11.9 Å². The number of rotatable bonds is 5. The molecule has 118 valence electrons. The van der Waals surface area contributed by atoms with Crippen molar-refractivity contribution in [3.05, 3.63) is 59.3 Å². The van der Waals surface area contributed by atoms with E-state index in [1.54, 1.807) is 13.0 Å². The van der Waals surface area contributed by atoms with Crippen LogP contribution in [0.3, 0.4) is 0 Å². The third-order valence-electron chi connectivity index (χ3n) is 2.97. The van der Waals surface area contributed by atoms with E-state index in [1.165, 1.54) is 18.3 Å². The van der Waals surface area contributed by atoms with Crippen LogP contribution in [0.1, 0.15) is 28.9 Å². The molecule has 0 spiro atoms. The second kappa shape index (κ2) is 7.31. The van der Waals surface area contributed by atoms with Gasteiger partial charge in [0.25, 0.3) is 5.91 Å². The Kier molecular flexibility index (Phi) is 5.20. The number of nitrogens with zero attached hydrogens (tertiary/aromatic N) is 2. The first-order valence-electron chi connectivity index (χ1n) is 6.79. The predicted molar refractivity (Wildman–Crippen MR) is 77.6 cm³/mol. The minimum absolute atomic E-state index is 0.110. The van der Waals surface area contributed by atoms with Gasteiger partial charge in [0.2, 0.25) is 5.88 Å². The number of aromatic nitrogens is 1. The smallest absolute Gasteiger partial charge is 0.252 e. The maximum absolute atomic E-state index is 13.7. The van der Waals surface area contributed by atoms with E-state index < -0.39 is 23.6 Å². The van der Waals surface area contributed by atoms with E-state index in [0.717, 1.165) is 12.1 Å². The Labute approximate surface area is 131 Å². The third kappa shape index (κ3) is 4.01. The summed E-state index contributed by atoms with van der Waals surface area (Å²) in [7, 11) is 0. The number of hydrogen-bond donors (Lipinski definition) is 1. The zero-order valence-corrected chi connectivity index (χ0v) is 12.2. The zero-order chi connectivity index (χ0) is 16.8. The van der Waals surface area contributed by atoms with E-state index in [-0.39, 0.29) is 17.0 Å². The quantitative estimate of drug-likeness (QED) is 0.920. The molecular formula is C16H13F2N3O2. The van der Waals surface area contributed by atoms with Gasteiger partial charge >= 0.3 is 0 Å². The van der Waals surface area contributed by atoms with Gasteiger partial charge < -0.3 is 10.1 Å². The van der Waals surface area contributed by atoms with E-state index in [9.17, 15) is 13.6 Å². The third-order valence-corrected chi connectivity index (χ3v) is 2.97. The number of benzene rings is 1. The van der Waals surface area contributed by atoms with Gasteiger partial charge in [0, 0.05) is 29.5 Å². The summed E-state index contributed by atoms with van der Waals surface area (Å²) in [6.07, 6.45) is 1.39. The first-order valence-corrected chi connectivity index (χ1v) is 6.79. The fraction of sp³-hybridized carbons (Fsp3) is 0.188. The van der Waals surface area contributed by atoms with E-state index in [1.807, 2.05) is 0 Å². The largest absolute Gasteiger partial charge is 0.478 e. The molecule has 1 N–H and O–H groups in total. The van der Waals surface area contributed by atoms with Crippen LogP contribution in [0.5, 0.6) is 5.88 Å². The molecule has 1 heterocycles. The molecular weight excluding hydrogens is 304 g/mol. The molecule has 1 atom stereocenters. The molecule has 0 unspecified atom stereocenters. The van der Waals surface area contributed by atoms with Crippen LogP contribution in [-0.4, -0.2) is 17.5 Å². The van der Waals surface area contributed by atoms with Gasteiger partial charge in [0.15, 0.2) is 0 Å². The molecule has 1 aromatic heterocycles. The first-order chi connectivity index (χ1) is 11.0. The molecule has 0 aliphatic heterocycles. The number of pyridine rings is 1. The van der Waals surface area contributed by atoms with Crippen LogP contribution in [0.15, 0.2) is 36.5 Å². The maximum Gasteiger partial charge on any atom is 0.252 e. The Morgan fingerprint density at radius 2 is 2.17 bits per heavy atom. The van der Waals surface area contributed by atoms with Crippen molar-refractivity contribution in [3.63, 3.8) is 0 Å². The molecule has 5 nitrogen and oxygen atoms in total. The molecule has 0 fully saturated rings. The SMILES string of the molecule is CCOc1cc(C(=O)N[C@H](C#N)c2ccc(F)cc2F)ccn1. The fourth-order valence-corrected chi connectivity index (χ4v) is 1.91. The maximum atomic E-state index is 13.7. The van der Waals surface area contributed by atoms with E-state index in [4.69, 9.17) is 10.00 Å². The van der Waals surface area contributed by atoms with Crippen LogP contribution in [0.2, 0.25) is 0 Å². The number of hydrogen-bond acceptors (Lipinski definition) is 4. The Morgan fingerprint density at radius 1 is 1.39 bits per heavy atom. The van der Waals surface area contributed by atoms with Crippen molar-refractivity contribution in [2.75, 3.05) is 6.61 Å². The monoisotopic (exact) mass is 317 g/mol. The lowest BCUT2D eigenvalue weighted by atomic mass is 10.1. The molecule has 23 heavy (non-hydrogen) atoms. The Balaban J connectivity index is 2.20. The fourth-order valence-electron chi connectivity index (χ4n) is 1.91. The molecule has 7 heteroatoms. The molecule has 1 amide bonds. The topological polar surface area (TPSA) is 75.0 Å². The van der Waals surface area contributed by atoms with Crippen LogP contribution in [0.25, 0.3) is 0 Å². The number of nitrogens with one attached hydrogen (secondary N) is 1. The number of carbonyl (C=O) groups is 1. The summed E-state index contributed by atoms with van der Waals surface area (Å²) < 4.78 is 31.8. The van der Waals surface area contributed by atoms with Crippen molar-refractivity contribution in [2.24, 2.45) is 0 Å². The summed E-state index contributed by atoms with van der Waals surface area (Å²) in [5.74, 6) is -1.99. The van der Waals surface area contributed by atoms with Gasteiger partial charge in [-0.1, -0.05) is 6.07 Å². The number of nitriles is 1. The first kappa shape index (κ1) is 16.4. The highest BCUT2D eigenvalue weighted by atomic mass is 19.1. The number of ether oxygens (including phenoxy) is 1. The number of carbonyl (C=O) groups excluding carboxylic acids is 1. The molecule has 2 rings (SSSR count). The number of halogens is 2. The van der Waals surface area contributed by atoms with Crippen LogP contribution in [0, 0.1) is 23.0 Å². The summed E-state index contributed by atoms with van der Waals surface area (Å²) in [6, 6.07) is 6.19. The molecule has 0 radical (unpaired) electrons. The molecule has 2 aromatic rings. The van der Waals surface area contributed by atoms with Gasteiger partial charge in [-0.25, -0.2) is 13.8 Å². The van der Waals surface area contributed by atoms with Crippen LogP contribution >= 0.6 is 0 Å². The summed E-state index contributed by atoms with van der Waals surface area (Å²) in [6.45, 7) is 2.16. The predicted octanol–water partition coefficient (Wildman–Crippen LogP) is 2.75. The van der Waals surface area contributed by atoms with Gasteiger partial charge in [0.05, 0.1) is 12.7 Å². The zero-order valence-electron chi connectivity index (χ0n) is 12.2. The minimum Gasteiger partial charge on any atom is -0.478 e. The molecule has 0 aliphatic rings. The van der Waals surface area contributed by atoms with Gasteiger partial charge in [-0.05, 0) is 19.1 Å². The highest BCUT2D eigenvalue weighted by Gasteiger charge is 2.19. The molecule has 0 saturated heterocycles. The second-order valence-electron chi connectivity index (χ2n) is 4.52. The van der Waals surface area contributed by atoms with E-state index >= 15 is 0 Å². The average Bonchev–Trinajstić information content (AvgIpc) is 2.53. The standard InChI is InChI=1S/C16H13F2N3O2/c1-2-23-15-7-10(5-6-20-15)16(22)21-14(9-19)12-4-3-11(17)8-13(12)18/h3-8,14H,2H2,1H3,(H,21,22)/t14-/m1/s1. The Morgan fingerprint density at radius 3 is 2.83 bits per heavy atom. The van der Waals surface area contributed by atoms with Gasteiger partial charge in [-0.2, -0.15) is 5.26 Å². The summed E-state index contributed by atoms with van der Waals surface area (Å²) >= 11 is 0. The molecule has 1 aromatic carbocycles. The summed E-state index contributed by atoms with van der Waals surface area (Å²) in [5.41, 5.74) is 0.104. The molecule has 0 bridgehead atoms. The molecule has 0 aliphatic carbocycles. The Bertz CT molecular complexity index is 759. The molecule has 0 saturated carbocycles. The van der Waals surface area contributed by atoms with Crippen molar-refractivity contribution >= 4 is 5.91 Å². The van der Waals surface area contributed by atoms with Crippen LogP contribution in [-0.2, 0) is 0 Å². The normalized spacial score (nSPS) is 11.4. The second-order valence-corrected chi connectivity index (χ2v) is 4.52. The highest BCUT2D eigenvalue weighted by molar-refractivity contribution is 5.94. The Hall–Kier alpha value is -3.01. The van der Waals surface area contributed by atoms with Crippen molar-refractivity contribution in [1.82, 2.24) is 10.3 Å². The van der Waals surface area contributed by atoms with Crippen LogP contribution < -0.4 is 10.1 Å². The highest BCUT2D eigenvalue weighted by Crippen LogP contribution is 2.18. The number of amides is 1. The lowest BCUT2D eigenvalue weighted by Gasteiger charge is -2.13. The summed E-state index contributed by atoms with van der Waals surface area (Å²) in [5, 5.41) is 11.5. The van der Waals surface area contributed by atoms with Gasteiger partial charge in [-0.15, -0.1) is 0 Å². The van der Waals surface area contributed by atoms with E-state index in [2.05, 4.69) is 10.3 Å². The van der Waals surface area contributed by atoms with E-state index in [0.29, 0.717) is 12.7 Å². The van der Waals surface area contributed by atoms with Crippen molar-refractivity contribution in [2.45, 2.75) is 13.0 Å².